The summed E-state index contributed by atoms with van der Waals surface area (Å²) < 4.78 is 0. The summed E-state index contributed by atoms with van der Waals surface area (Å²) in [5, 5.41) is 5.20. The third-order valence-electron chi connectivity index (χ3n) is 3.87. The van der Waals surface area contributed by atoms with Crippen molar-refractivity contribution in [2.75, 3.05) is 0 Å². The van der Waals surface area contributed by atoms with E-state index >= 15 is 0 Å². The molecule has 0 atom stereocenters. The Morgan fingerprint density at radius 1 is 0.375 bits per heavy atom. The Bertz CT molecular complexity index is 816. The lowest BCUT2D eigenvalue weighted by Gasteiger charge is -2.10. The van der Waals surface area contributed by atoms with Crippen LogP contribution in [0.1, 0.15) is 27.7 Å². The zero-order chi connectivity index (χ0) is 17.4. The van der Waals surface area contributed by atoms with E-state index in [9.17, 15) is 0 Å². The molecule has 4 aromatic carbocycles. The van der Waals surface area contributed by atoms with Crippen molar-refractivity contribution in [1.82, 2.24) is 0 Å². The molecule has 0 aliphatic heterocycles. The Balaban J connectivity index is 0.000000487. The van der Waals surface area contributed by atoms with Gasteiger partial charge in [-0.1, -0.05) is 113 Å². The molecule has 0 saturated carbocycles. The quantitative estimate of drug-likeness (QED) is 0.337. The first-order valence-electron chi connectivity index (χ1n) is 8.89. The van der Waals surface area contributed by atoms with Crippen LogP contribution < -0.4 is 0 Å². The van der Waals surface area contributed by atoms with Crippen molar-refractivity contribution < 1.29 is 0 Å². The maximum atomic E-state index is 2.21. The minimum Gasteiger partial charge on any atom is -0.0683 e. The second kappa shape index (κ2) is 8.88. The van der Waals surface area contributed by atoms with Crippen molar-refractivity contribution in [3.8, 4) is 11.1 Å². The van der Waals surface area contributed by atoms with Crippen molar-refractivity contribution >= 4 is 21.5 Å². The van der Waals surface area contributed by atoms with E-state index < -0.39 is 0 Å². The van der Waals surface area contributed by atoms with E-state index in [0.717, 1.165) is 0 Å². The molecular formula is C24H26. The molecule has 0 aromatic heterocycles. The lowest BCUT2D eigenvalue weighted by atomic mass is 9.94. The van der Waals surface area contributed by atoms with Gasteiger partial charge in [0.15, 0.2) is 0 Å². The van der Waals surface area contributed by atoms with Gasteiger partial charge in [0.2, 0.25) is 0 Å². The van der Waals surface area contributed by atoms with Gasteiger partial charge in [0.25, 0.3) is 0 Å². The molecule has 0 bridgehead atoms. The highest BCUT2D eigenvalue weighted by Crippen LogP contribution is 2.33. The van der Waals surface area contributed by atoms with Crippen LogP contribution in [-0.2, 0) is 0 Å². The molecule has 4 rings (SSSR count). The number of fused-ring (bicyclic) bond motifs is 2. The smallest absolute Gasteiger partial charge is 0.00992 e. The van der Waals surface area contributed by atoms with Crippen LogP contribution in [0.25, 0.3) is 32.7 Å². The predicted octanol–water partition coefficient (Wildman–Crippen LogP) is 7.71. The molecule has 0 aliphatic rings. The molecule has 0 saturated heterocycles. The third kappa shape index (κ3) is 3.49. The molecule has 0 nitrogen and oxygen atoms in total. The van der Waals surface area contributed by atoms with Crippen LogP contribution >= 0.6 is 0 Å². The van der Waals surface area contributed by atoms with E-state index in [1.165, 1.54) is 32.7 Å². The molecule has 0 aliphatic carbocycles. The van der Waals surface area contributed by atoms with Gasteiger partial charge in [-0.3, -0.25) is 0 Å². The summed E-state index contributed by atoms with van der Waals surface area (Å²) in [6, 6.07) is 30.2. The first-order chi connectivity index (χ1) is 11.9. The van der Waals surface area contributed by atoms with Crippen LogP contribution in [0.2, 0.25) is 0 Å². The zero-order valence-electron chi connectivity index (χ0n) is 15.1. The standard InChI is InChI=1S/C20H14.2C2H6/c1-3-11-17-15(7-1)9-5-13-19(17)20-14-6-10-16-8-2-4-12-18(16)20;2*1-2/h1-14H;2*1-2H3. The molecule has 0 N–H and O–H groups in total. The SMILES string of the molecule is CC.CC.c1ccc2c(-c3cccc4ccccc34)cccc2c1. The highest BCUT2D eigenvalue weighted by molar-refractivity contribution is 6.05. The van der Waals surface area contributed by atoms with Crippen LogP contribution in [0, 0.1) is 0 Å². The number of hydrogen-bond acceptors (Lipinski definition) is 0. The lowest BCUT2D eigenvalue weighted by molar-refractivity contribution is 1.50. The number of hydrogen-bond donors (Lipinski definition) is 0. The third-order valence-corrected chi connectivity index (χ3v) is 3.87. The highest BCUT2D eigenvalue weighted by atomic mass is 14.1. The molecule has 0 spiro atoms. The van der Waals surface area contributed by atoms with Gasteiger partial charge in [-0.15, -0.1) is 0 Å². The van der Waals surface area contributed by atoms with Crippen LogP contribution in [0.3, 0.4) is 0 Å². The Labute approximate surface area is 145 Å². The van der Waals surface area contributed by atoms with Gasteiger partial charge in [-0.05, 0) is 32.7 Å². The summed E-state index contributed by atoms with van der Waals surface area (Å²) >= 11 is 0. The largest absolute Gasteiger partial charge is 0.0683 e. The van der Waals surface area contributed by atoms with E-state index in [4.69, 9.17) is 0 Å². The first kappa shape index (κ1) is 17.7. The molecule has 0 radical (unpaired) electrons. The van der Waals surface area contributed by atoms with Gasteiger partial charge in [0, 0.05) is 0 Å². The molecular weight excluding hydrogens is 288 g/mol. The monoisotopic (exact) mass is 314 g/mol. The number of benzene rings is 4. The average Bonchev–Trinajstić information content (AvgIpc) is 2.70. The Morgan fingerprint density at radius 2 is 0.708 bits per heavy atom. The van der Waals surface area contributed by atoms with Crippen LogP contribution in [0.4, 0.5) is 0 Å². The molecule has 24 heavy (non-hydrogen) atoms. The van der Waals surface area contributed by atoms with Crippen molar-refractivity contribution in [1.29, 1.82) is 0 Å². The van der Waals surface area contributed by atoms with Crippen LogP contribution in [-0.4, -0.2) is 0 Å². The predicted molar refractivity (Wildman–Crippen MR) is 110 cm³/mol. The summed E-state index contributed by atoms with van der Waals surface area (Å²) in [4.78, 5) is 0. The summed E-state index contributed by atoms with van der Waals surface area (Å²) in [5.74, 6) is 0. The number of rotatable bonds is 1. The summed E-state index contributed by atoms with van der Waals surface area (Å²) in [6.45, 7) is 8.00. The maximum absolute atomic E-state index is 2.21. The topological polar surface area (TPSA) is 0 Å². The van der Waals surface area contributed by atoms with E-state index in [0.29, 0.717) is 0 Å². The molecule has 0 heterocycles. The molecule has 0 amide bonds. The Kier molecular flexibility index (Phi) is 6.57. The fourth-order valence-corrected chi connectivity index (χ4v) is 2.92. The molecule has 0 heteroatoms. The minimum absolute atomic E-state index is 1.29. The van der Waals surface area contributed by atoms with Gasteiger partial charge in [0.05, 0.1) is 0 Å². The fourth-order valence-electron chi connectivity index (χ4n) is 2.92. The molecule has 4 aromatic rings. The molecule has 122 valence electrons. The normalized spacial score (nSPS) is 9.67. The van der Waals surface area contributed by atoms with Crippen LogP contribution in [0.5, 0.6) is 0 Å². The van der Waals surface area contributed by atoms with Crippen molar-refractivity contribution in [2.24, 2.45) is 0 Å². The second-order valence-corrected chi connectivity index (χ2v) is 5.05. The van der Waals surface area contributed by atoms with E-state index in [2.05, 4.69) is 84.9 Å². The first-order valence-corrected chi connectivity index (χ1v) is 8.89. The van der Waals surface area contributed by atoms with Gasteiger partial charge in [-0.25, -0.2) is 0 Å². The summed E-state index contributed by atoms with van der Waals surface area (Å²) in [7, 11) is 0. The Morgan fingerprint density at radius 3 is 1.12 bits per heavy atom. The lowest BCUT2D eigenvalue weighted by Crippen LogP contribution is -1.83. The zero-order valence-corrected chi connectivity index (χ0v) is 15.1. The van der Waals surface area contributed by atoms with E-state index in [-0.39, 0.29) is 0 Å². The highest BCUT2D eigenvalue weighted by Gasteiger charge is 2.06. The minimum atomic E-state index is 1.29. The fraction of sp³-hybridized carbons (Fsp3) is 0.167. The summed E-state index contributed by atoms with van der Waals surface area (Å²) in [6.07, 6.45) is 0. The van der Waals surface area contributed by atoms with Crippen LogP contribution in [0.15, 0.2) is 84.9 Å². The van der Waals surface area contributed by atoms with Crippen molar-refractivity contribution in [2.45, 2.75) is 27.7 Å². The van der Waals surface area contributed by atoms with Gasteiger partial charge >= 0.3 is 0 Å². The van der Waals surface area contributed by atoms with E-state index in [1.54, 1.807) is 0 Å². The average molecular weight is 314 g/mol. The Hall–Kier alpha value is -2.60. The second-order valence-electron chi connectivity index (χ2n) is 5.05. The molecule has 0 fully saturated rings. The van der Waals surface area contributed by atoms with Crippen molar-refractivity contribution in [3.63, 3.8) is 0 Å². The van der Waals surface area contributed by atoms with Gasteiger partial charge < -0.3 is 0 Å². The van der Waals surface area contributed by atoms with Gasteiger partial charge in [0.1, 0.15) is 0 Å². The van der Waals surface area contributed by atoms with Gasteiger partial charge in [-0.2, -0.15) is 0 Å². The summed E-state index contributed by atoms with van der Waals surface area (Å²) in [5.41, 5.74) is 2.61. The maximum Gasteiger partial charge on any atom is -0.00992 e. The van der Waals surface area contributed by atoms with E-state index in [1.807, 2.05) is 27.7 Å². The van der Waals surface area contributed by atoms with Crippen molar-refractivity contribution in [3.05, 3.63) is 84.9 Å². The molecule has 0 unspecified atom stereocenters.